The van der Waals surface area contributed by atoms with Crippen molar-refractivity contribution in [1.82, 2.24) is 5.32 Å². The number of rotatable bonds is 3. The lowest BCUT2D eigenvalue weighted by Gasteiger charge is -2.43. The van der Waals surface area contributed by atoms with Crippen molar-refractivity contribution in [3.63, 3.8) is 0 Å². The standard InChI is InChI=1S/C17H33NO/c1-16(2,3)14-9-5-6-10-15(14)18-13-17(19)11-7-4-8-12-17/h14-15,18-19H,4-13H2,1-3H3. The maximum Gasteiger partial charge on any atom is 0.0771 e. The summed E-state index contributed by atoms with van der Waals surface area (Å²) in [6.07, 6.45) is 11.1. The van der Waals surface area contributed by atoms with Crippen LogP contribution in [0.3, 0.4) is 0 Å². The Hall–Kier alpha value is -0.0800. The summed E-state index contributed by atoms with van der Waals surface area (Å²) in [5.41, 5.74) is -0.0363. The van der Waals surface area contributed by atoms with E-state index in [-0.39, 0.29) is 0 Å². The van der Waals surface area contributed by atoms with Gasteiger partial charge >= 0.3 is 0 Å². The molecule has 2 fully saturated rings. The number of aliphatic hydroxyl groups is 1. The maximum atomic E-state index is 10.6. The van der Waals surface area contributed by atoms with Crippen LogP contribution < -0.4 is 5.32 Å². The summed E-state index contributed by atoms with van der Waals surface area (Å²) < 4.78 is 0. The third kappa shape index (κ3) is 4.19. The zero-order chi connectivity index (χ0) is 13.9. The summed E-state index contributed by atoms with van der Waals surface area (Å²) in [6.45, 7) is 7.91. The second-order valence-corrected chi connectivity index (χ2v) is 8.03. The molecule has 2 heteroatoms. The Morgan fingerprint density at radius 1 is 1.00 bits per heavy atom. The molecule has 19 heavy (non-hydrogen) atoms. The van der Waals surface area contributed by atoms with Gasteiger partial charge in [0.25, 0.3) is 0 Å². The van der Waals surface area contributed by atoms with E-state index in [1.165, 1.54) is 44.9 Å². The largest absolute Gasteiger partial charge is 0.389 e. The van der Waals surface area contributed by atoms with Crippen LogP contribution in [-0.4, -0.2) is 23.3 Å². The van der Waals surface area contributed by atoms with Crippen molar-refractivity contribution in [3.8, 4) is 0 Å². The average molecular weight is 267 g/mol. The molecular weight excluding hydrogens is 234 g/mol. The van der Waals surface area contributed by atoms with Gasteiger partial charge in [-0.05, 0) is 37.0 Å². The van der Waals surface area contributed by atoms with Gasteiger partial charge in [-0.1, -0.05) is 52.9 Å². The van der Waals surface area contributed by atoms with Gasteiger partial charge < -0.3 is 10.4 Å². The minimum atomic E-state index is -0.419. The zero-order valence-corrected chi connectivity index (χ0v) is 13.2. The third-order valence-electron chi connectivity index (χ3n) is 5.36. The van der Waals surface area contributed by atoms with Crippen LogP contribution in [0.1, 0.15) is 78.6 Å². The summed E-state index contributed by atoms with van der Waals surface area (Å²) in [6, 6.07) is 0.611. The van der Waals surface area contributed by atoms with E-state index >= 15 is 0 Å². The monoisotopic (exact) mass is 267 g/mol. The van der Waals surface area contributed by atoms with E-state index in [1.54, 1.807) is 0 Å². The summed E-state index contributed by atoms with van der Waals surface area (Å²) >= 11 is 0. The highest BCUT2D eigenvalue weighted by Crippen LogP contribution is 2.38. The zero-order valence-electron chi connectivity index (χ0n) is 13.2. The molecule has 2 atom stereocenters. The van der Waals surface area contributed by atoms with Gasteiger partial charge in [0.05, 0.1) is 5.60 Å². The fourth-order valence-corrected chi connectivity index (χ4v) is 4.12. The quantitative estimate of drug-likeness (QED) is 0.813. The van der Waals surface area contributed by atoms with Crippen molar-refractivity contribution in [3.05, 3.63) is 0 Å². The minimum Gasteiger partial charge on any atom is -0.389 e. The van der Waals surface area contributed by atoms with Crippen molar-refractivity contribution >= 4 is 0 Å². The molecule has 2 saturated carbocycles. The average Bonchev–Trinajstić information content (AvgIpc) is 2.37. The molecule has 0 bridgehead atoms. The van der Waals surface area contributed by atoms with Crippen molar-refractivity contribution in [2.75, 3.05) is 6.54 Å². The second-order valence-electron chi connectivity index (χ2n) is 8.03. The van der Waals surface area contributed by atoms with E-state index in [1.807, 2.05) is 0 Å². The maximum absolute atomic E-state index is 10.6. The lowest BCUT2D eigenvalue weighted by Crippen LogP contribution is -2.50. The molecule has 0 spiro atoms. The molecule has 2 aliphatic rings. The van der Waals surface area contributed by atoms with E-state index in [4.69, 9.17) is 0 Å². The first-order chi connectivity index (χ1) is 8.91. The lowest BCUT2D eigenvalue weighted by atomic mass is 9.69. The summed E-state index contributed by atoms with van der Waals surface area (Å²) in [4.78, 5) is 0. The van der Waals surface area contributed by atoms with Crippen LogP contribution in [0.2, 0.25) is 0 Å². The van der Waals surface area contributed by atoms with Crippen LogP contribution in [0.25, 0.3) is 0 Å². The molecule has 0 aromatic rings. The van der Waals surface area contributed by atoms with E-state index < -0.39 is 5.60 Å². The molecule has 2 rings (SSSR count). The first-order valence-electron chi connectivity index (χ1n) is 8.37. The molecular formula is C17H33NO. The lowest BCUT2D eigenvalue weighted by molar-refractivity contribution is -0.00388. The van der Waals surface area contributed by atoms with Gasteiger partial charge in [0.2, 0.25) is 0 Å². The Morgan fingerprint density at radius 3 is 2.26 bits per heavy atom. The molecule has 0 aliphatic heterocycles. The smallest absolute Gasteiger partial charge is 0.0771 e. The molecule has 2 unspecified atom stereocenters. The first kappa shape index (κ1) is 15.3. The van der Waals surface area contributed by atoms with E-state index in [9.17, 15) is 5.11 Å². The Labute approximate surface area is 119 Å². The molecule has 0 saturated heterocycles. The topological polar surface area (TPSA) is 32.3 Å². The van der Waals surface area contributed by atoms with Crippen LogP contribution in [0.15, 0.2) is 0 Å². The SMILES string of the molecule is CC(C)(C)C1CCCCC1NCC1(O)CCCCC1. The normalized spacial score (nSPS) is 32.2. The summed E-state index contributed by atoms with van der Waals surface area (Å²) in [7, 11) is 0. The van der Waals surface area contributed by atoms with Crippen molar-refractivity contribution in [2.24, 2.45) is 11.3 Å². The highest BCUT2D eigenvalue weighted by atomic mass is 16.3. The first-order valence-corrected chi connectivity index (χ1v) is 8.37. The highest BCUT2D eigenvalue weighted by Gasteiger charge is 2.36. The van der Waals surface area contributed by atoms with E-state index in [0.717, 1.165) is 25.3 Å². The van der Waals surface area contributed by atoms with Crippen LogP contribution in [-0.2, 0) is 0 Å². The Bertz CT molecular complexity index is 275. The van der Waals surface area contributed by atoms with Gasteiger partial charge in [0.15, 0.2) is 0 Å². The van der Waals surface area contributed by atoms with E-state index in [0.29, 0.717) is 11.5 Å². The fraction of sp³-hybridized carbons (Fsp3) is 1.00. The van der Waals surface area contributed by atoms with Crippen molar-refractivity contribution in [1.29, 1.82) is 0 Å². The van der Waals surface area contributed by atoms with Crippen molar-refractivity contribution in [2.45, 2.75) is 90.2 Å². The molecule has 112 valence electrons. The van der Waals surface area contributed by atoms with Crippen molar-refractivity contribution < 1.29 is 5.11 Å². The van der Waals surface area contributed by atoms with Gasteiger partial charge in [-0.15, -0.1) is 0 Å². The highest BCUT2D eigenvalue weighted by molar-refractivity contribution is 4.91. The van der Waals surface area contributed by atoms with Crippen LogP contribution in [0.4, 0.5) is 0 Å². The fourth-order valence-electron chi connectivity index (χ4n) is 4.12. The summed E-state index contributed by atoms with van der Waals surface area (Å²) in [5.74, 6) is 0.758. The van der Waals surface area contributed by atoms with Gasteiger partial charge in [0, 0.05) is 12.6 Å². The van der Waals surface area contributed by atoms with Gasteiger partial charge in [-0.25, -0.2) is 0 Å². The Balaban J connectivity index is 1.89. The minimum absolute atomic E-state index is 0.382. The van der Waals surface area contributed by atoms with Crippen LogP contribution >= 0.6 is 0 Å². The Kier molecular flexibility index (Phi) is 4.94. The van der Waals surface area contributed by atoms with Gasteiger partial charge in [-0.3, -0.25) is 0 Å². The Morgan fingerprint density at radius 2 is 1.63 bits per heavy atom. The molecule has 0 aromatic carbocycles. The molecule has 0 radical (unpaired) electrons. The third-order valence-corrected chi connectivity index (χ3v) is 5.36. The summed E-state index contributed by atoms with van der Waals surface area (Å²) in [5, 5.41) is 14.4. The molecule has 0 amide bonds. The van der Waals surface area contributed by atoms with Gasteiger partial charge in [0.1, 0.15) is 0 Å². The van der Waals surface area contributed by atoms with Crippen LogP contribution in [0, 0.1) is 11.3 Å². The predicted octanol–water partition coefficient (Wildman–Crippen LogP) is 3.88. The van der Waals surface area contributed by atoms with Crippen LogP contribution in [0.5, 0.6) is 0 Å². The molecule has 2 aliphatic carbocycles. The van der Waals surface area contributed by atoms with E-state index in [2.05, 4.69) is 26.1 Å². The number of hydrogen-bond acceptors (Lipinski definition) is 2. The molecule has 2 N–H and O–H groups in total. The van der Waals surface area contributed by atoms with Gasteiger partial charge in [-0.2, -0.15) is 0 Å². The molecule has 0 aromatic heterocycles. The molecule has 2 nitrogen and oxygen atoms in total. The number of nitrogens with one attached hydrogen (secondary N) is 1. The predicted molar refractivity (Wildman–Crippen MR) is 81.2 cm³/mol. The molecule has 0 heterocycles. The number of hydrogen-bond donors (Lipinski definition) is 2. The second kappa shape index (κ2) is 6.13.